The van der Waals surface area contributed by atoms with Gasteiger partial charge in [0.15, 0.2) is 5.82 Å². The van der Waals surface area contributed by atoms with Gasteiger partial charge in [-0.3, -0.25) is 14.8 Å². The Labute approximate surface area is 191 Å². The smallest absolute Gasteiger partial charge is 0.290 e. The number of hydrogen-bond donors (Lipinski definition) is 1. The monoisotopic (exact) mass is 462 g/mol. The average Bonchev–Trinajstić information content (AvgIpc) is 3.17. The molecule has 2 atom stereocenters. The molecule has 32 heavy (non-hydrogen) atoms. The van der Waals surface area contributed by atoms with Crippen molar-refractivity contribution in [1.29, 1.82) is 0 Å². The Hall–Kier alpha value is -2.86. The van der Waals surface area contributed by atoms with Gasteiger partial charge in [-0.1, -0.05) is 11.6 Å². The van der Waals surface area contributed by atoms with E-state index in [9.17, 15) is 10.1 Å². The quantitative estimate of drug-likeness (QED) is 0.455. The standard InChI is InChI=1S/C20H27ClN8O3/c1-26(2)6-7-27(3)15-8-17(32-5)20(22,9-16(15)29(30)31)19-23-11-14(21)18(25-19)13-10-24-28(4)12-13/h8-12,17H,6-7,22H2,1-5H3. The van der Waals surface area contributed by atoms with Gasteiger partial charge in [0.2, 0.25) is 0 Å². The fraction of sp³-hybridized carbons (Fsp3) is 0.450. The second-order valence-corrected chi connectivity index (χ2v) is 8.35. The molecule has 0 radical (unpaired) electrons. The highest BCUT2D eigenvalue weighted by Gasteiger charge is 2.45. The van der Waals surface area contributed by atoms with Crippen molar-refractivity contribution in [2.24, 2.45) is 12.8 Å². The lowest BCUT2D eigenvalue weighted by Gasteiger charge is -2.35. The van der Waals surface area contributed by atoms with Gasteiger partial charge in [-0.2, -0.15) is 5.10 Å². The van der Waals surface area contributed by atoms with E-state index in [0.29, 0.717) is 28.5 Å². The largest absolute Gasteiger partial charge is 0.375 e. The van der Waals surface area contributed by atoms with E-state index in [1.165, 1.54) is 19.4 Å². The first-order valence-electron chi connectivity index (χ1n) is 9.85. The van der Waals surface area contributed by atoms with Crippen molar-refractivity contribution in [2.45, 2.75) is 11.6 Å². The highest BCUT2D eigenvalue weighted by molar-refractivity contribution is 6.32. The summed E-state index contributed by atoms with van der Waals surface area (Å²) < 4.78 is 7.26. The summed E-state index contributed by atoms with van der Waals surface area (Å²) in [6, 6.07) is 0. The first-order chi connectivity index (χ1) is 15.1. The molecule has 0 saturated heterocycles. The number of hydrogen-bond acceptors (Lipinski definition) is 9. The molecule has 12 heteroatoms. The lowest BCUT2D eigenvalue weighted by Crippen LogP contribution is -2.51. The first-order valence-corrected chi connectivity index (χ1v) is 10.2. The van der Waals surface area contributed by atoms with Gasteiger partial charge in [-0.25, -0.2) is 9.97 Å². The fourth-order valence-corrected chi connectivity index (χ4v) is 3.67. The van der Waals surface area contributed by atoms with Gasteiger partial charge in [0.1, 0.15) is 17.3 Å². The third-order valence-corrected chi connectivity index (χ3v) is 5.55. The zero-order chi connectivity index (χ0) is 23.6. The van der Waals surface area contributed by atoms with Crippen molar-refractivity contribution < 1.29 is 9.66 Å². The van der Waals surface area contributed by atoms with Crippen LogP contribution in [0, 0.1) is 10.1 Å². The number of methoxy groups -OCH3 is 1. The summed E-state index contributed by atoms with van der Waals surface area (Å²) in [5.74, 6) is 0.151. The van der Waals surface area contributed by atoms with Gasteiger partial charge >= 0.3 is 0 Å². The summed E-state index contributed by atoms with van der Waals surface area (Å²) in [5.41, 5.74) is 6.59. The van der Waals surface area contributed by atoms with E-state index in [1.807, 2.05) is 23.9 Å². The molecular weight excluding hydrogens is 436 g/mol. The molecule has 1 aliphatic rings. The zero-order valence-corrected chi connectivity index (χ0v) is 19.4. The molecule has 2 aromatic rings. The molecule has 2 aromatic heterocycles. The highest BCUT2D eigenvalue weighted by atomic mass is 35.5. The van der Waals surface area contributed by atoms with E-state index in [4.69, 9.17) is 22.1 Å². The second-order valence-electron chi connectivity index (χ2n) is 7.95. The Balaban J connectivity index is 2.07. The maximum atomic E-state index is 12.0. The molecule has 0 saturated carbocycles. The molecule has 0 aliphatic heterocycles. The topological polar surface area (TPSA) is 128 Å². The van der Waals surface area contributed by atoms with Gasteiger partial charge in [-0.05, 0) is 20.2 Å². The maximum Gasteiger partial charge on any atom is 0.290 e. The number of nitro groups is 1. The number of nitrogens with two attached hydrogens (primary N) is 1. The van der Waals surface area contributed by atoms with Crippen LogP contribution in [0.4, 0.5) is 0 Å². The molecule has 2 heterocycles. The van der Waals surface area contributed by atoms with Gasteiger partial charge in [0.05, 0.1) is 21.8 Å². The molecule has 0 aromatic carbocycles. The summed E-state index contributed by atoms with van der Waals surface area (Å²) in [6.07, 6.45) is 7.06. The van der Waals surface area contributed by atoms with Crippen LogP contribution in [0.5, 0.6) is 0 Å². The van der Waals surface area contributed by atoms with Crippen LogP contribution in [-0.4, -0.2) is 81.9 Å². The predicted molar refractivity (Wildman–Crippen MR) is 120 cm³/mol. The summed E-state index contributed by atoms with van der Waals surface area (Å²) >= 11 is 6.32. The summed E-state index contributed by atoms with van der Waals surface area (Å²) in [4.78, 5) is 24.2. The van der Waals surface area contributed by atoms with E-state index in [2.05, 4.69) is 15.1 Å². The van der Waals surface area contributed by atoms with Crippen LogP contribution >= 0.6 is 11.6 Å². The van der Waals surface area contributed by atoms with Crippen molar-refractivity contribution in [3.8, 4) is 11.3 Å². The third-order valence-electron chi connectivity index (χ3n) is 5.27. The average molecular weight is 463 g/mol. The Bertz CT molecular complexity index is 1070. The SMILES string of the molecule is COC1C=C(N(C)CCN(C)C)C([N+](=O)[O-])=CC1(N)c1ncc(Cl)c(-c2cnn(C)c2)n1. The van der Waals surface area contributed by atoms with Crippen LogP contribution in [0.15, 0.2) is 42.1 Å². The number of aryl methyl sites for hydroxylation is 1. The van der Waals surface area contributed by atoms with Gasteiger partial charge in [0, 0.05) is 58.3 Å². The Kier molecular flexibility index (Phi) is 6.94. The van der Waals surface area contributed by atoms with Crippen LogP contribution < -0.4 is 5.73 Å². The van der Waals surface area contributed by atoms with Crippen molar-refractivity contribution in [2.75, 3.05) is 41.3 Å². The minimum atomic E-state index is -1.48. The van der Waals surface area contributed by atoms with Crippen LogP contribution in [0.3, 0.4) is 0 Å². The van der Waals surface area contributed by atoms with E-state index in [1.54, 1.807) is 37.2 Å². The van der Waals surface area contributed by atoms with Crippen molar-refractivity contribution >= 4 is 11.6 Å². The minimum Gasteiger partial charge on any atom is -0.375 e. The number of nitrogens with zero attached hydrogens (tertiary/aromatic N) is 7. The molecule has 0 bridgehead atoms. The molecule has 11 nitrogen and oxygen atoms in total. The highest BCUT2D eigenvalue weighted by Crippen LogP contribution is 2.36. The summed E-state index contributed by atoms with van der Waals surface area (Å²) in [5, 5.41) is 16.4. The second kappa shape index (κ2) is 9.33. The molecule has 172 valence electrons. The van der Waals surface area contributed by atoms with Crippen LogP contribution in [0.2, 0.25) is 5.02 Å². The van der Waals surface area contributed by atoms with Crippen molar-refractivity contribution in [3.05, 3.63) is 63.1 Å². The Morgan fingerprint density at radius 2 is 2.06 bits per heavy atom. The Morgan fingerprint density at radius 1 is 1.34 bits per heavy atom. The van der Waals surface area contributed by atoms with E-state index < -0.39 is 16.6 Å². The third kappa shape index (κ3) is 4.65. The van der Waals surface area contributed by atoms with Crippen LogP contribution in [-0.2, 0) is 17.3 Å². The van der Waals surface area contributed by atoms with E-state index in [-0.39, 0.29) is 11.5 Å². The molecule has 2 N–H and O–H groups in total. The first kappa shape index (κ1) is 23.8. The zero-order valence-electron chi connectivity index (χ0n) is 18.7. The molecule has 3 rings (SSSR count). The van der Waals surface area contributed by atoms with Crippen LogP contribution in [0.25, 0.3) is 11.3 Å². The molecule has 0 spiro atoms. The fourth-order valence-electron chi connectivity index (χ4n) is 3.46. The number of aromatic nitrogens is 4. The molecule has 2 unspecified atom stereocenters. The maximum absolute atomic E-state index is 12.0. The summed E-state index contributed by atoms with van der Waals surface area (Å²) in [7, 11) is 8.93. The number of halogens is 1. The predicted octanol–water partition coefficient (Wildman–Crippen LogP) is 1.25. The van der Waals surface area contributed by atoms with Crippen molar-refractivity contribution in [1.82, 2.24) is 29.5 Å². The van der Waals surface area contributed by atoms with Crippen LogP contribution in [0.1, 0.15) is 5.82 Å². The normalized spacial score (nSPS) is 20.8. The Morgan fingerprint density at radius 3 is 2.62 bits per heavy atom. The van der Waals surface area contributed by atoms with Crippen molar-refractivity contribution in [3.63, 3.8) is 0 Å². The number of rotatable bonds is 8. The van der Waals surface area contributed by atoms with Gasteiger partial charge in [-0.15, -0.1) is 0 Å². The minimum absolute atomic E-state index is 0.136. The van der Waals surface area contributed by atoms with E-state index in [0.717, 1.165) is 6.54 Å². The molecular formula is C20H27ClN8O3. The number of ether oxygens (including phenoxy) is 1. The molecule has 0 amide bonds. The molecule has 0 fully saturated rings. The lowest BCUT2D eigenvalue weighted by molar-refractivity contribution is -0.423. The lowest BCUT2D eigenvalue weighted by atomic mass is 9.85. The van der Waals surface area contributed by atoms with E-state index >= 15 is 0 Å². The number of likely N-dealkylation sites (N-methyl/N-ethyl adjacent to an activating group) is 2. The van der Waals surface area contributed by atoms with Gasteiger partial charge < -0.3 is 20.3 Å². The van der Waals surface area contributed by atoms with Gasteiger partial charge in [0.25, 0.3) is 5.70 Å². The molecule has 1 aliphatic carbocycles. The summed E-state index contributed by atoms with van der Waals surface area (Å²) in [6.45, 7) is 1.31.